The summed E-state index contributed by atoms with van der Waals surface area (Å²) in [4.78, 5) is 11.8. The Kier molecular flexibility index (Phi) is 3.39. The largest absolute Gasteiger partial charge is 0.384 e. The Bertz CT molecular complexity index is 642. The van der Waals surface area contributed by atoms with E-state index in [0.717, 1.165) is 24.2 Å². The van der Waals surface area contributed by atoms with Crippen LogP contribution in [0.3, 0.4) is 0 Å². The second kappa shape index (κ2) is 5.06. The van der Waals surface area contributed by atoms with Crippen LogP contribution in [0, 0.1) is 0 Å². The molecule has 1 fully saturated rings. The molecule has 0 aliphatic carbocycles. The Morgan fingerprint density at radius 1 is 1.15 bits per heavy atom. The highest BCUT2D eigenvalue weighted by Gasteiger charge is 2.28. The molecule has 7 heteroatoms. The van der Waals surface area contributed by atoms with Crippen molar-refractivity contribution < 1.29 is 13.2 Å². The van der Waals surface area contributed by atoms with Crippen LogP contribution < -0.4 is 10.6 Å². The van der Waals surface area contributed by atoms with Crippen LogP contribution in [-0.2, 0) is 21.2 Å². The molecule has 20 heavy (non-hydrogen) atoms. The highest BCUT2D eigenvalue weighted by atomic mass is 32.2. The van der Waals surface area contributed by atoms with Crippen LogP contribution in [-0.4, -0.2) is 44.8 Å². The first-order valence-corrected chi connectivity index (χ1v) is 8.15. The summed E-state index contributed by atoms with van der Waals surface area (Å²) in [6.45, 7) is 1.64. The monoisotopic (exact) mass is 295 g/mol. The number of carbonyl (C=O) groups is 1. The molecule has 1 aromatic rings. The number of rotatable bonds is 2. The number of nitrogens with zero attached hydrogens (tertiary/aromatic N) is 1. The van der Waals surface area contributed by atoms with Crippen LogP contribution in [0.5, 0.6) is 0 Å². The molecule has 2 N–H and O–H groups in total. The van der Waals surface area contributed by atoms with E-state index in [1.807, 2.05) is 0 Å². The summed E-state index contributed by atoms with van der Waals surface area (Å²) in [5.74, 6) is -0.242. The third-order valence-corrected chi connectivity index (χ3v) is 5.49. The smallest absolute Gasteiger partial charge is 0.243 e. The summed E-state index contributed by atoms with van der Waals surface area (Å²) >= 11 is 0. The number of benzene rings is 1. The molecule has 2 heterocycles. The normalized spacial score (nSPS) is 19.9. The van der Waals surface area contributed by atoms with Crippen LogP contribution in [0.2, 0.25) is 0 Å². The minimum absolute atomic E-state index is 0.0995. The third kappa shape index (κ3) is 2.38. The molecular formula is C13H17N3O3S. The molecule has 3 rings (SSSR count). The predicted octanol–water partition coefficient (Wildman–Crippen LogP) is 0.165. The van der Waals surface area contributed by atoms with Crippen molar-refractivity contribution in [2.75, 3.05) is 31.5 Å². The lowest BCUT2D eigenvalue weighted by atomic mass is 10.2. The van der Waals surface area contributed by atoms with E-state index in [4.69, 9.17) is 0 Å². The van der Waals surface area contributed by atoms with Gasteiger partial charge in [-0.15, -0.1) is 0 Å². The van der Waals surface area contributed by atoms with Crippen LogP contribution in [0.25, 0.3) is 0 Å². The van der Waals surface area contributed by atoms with E-state index in [1.165, 1.54) is 4.31 Å². The Hall–Kier alpha value is -1.60. The third-order valence-electron chi connectivity index (χ3n) is 3.65. The molecule has 0 spiro atoms. The van der Waals surface area contributed by atoms with Crippen LogP contribution in [0.15, 0.2) is 23.1 Å². The van der Waals surface area contributed by atoms with Crippen LogP contribution >= 0.6 is 0 Å². The van der Waals surface area contributed by atoms with Gasteiger partial charge >= 0.3 is 0 Å². The molecule has 1 amide bonds. The van der Waals surface area contributed by atoms with E-state index in [0.29, 0.717) is 19.5 Å². The van der Waals surface area contributed by atoms with Gasteiger partial charge in [-0.05, 0) is 36.6 Å². The molecule has 6 nitrogen and oxygen atoms in total. The predicted molar refractivity (Wildman–Crippen MR) is 75.0 cm³/mol. The number of carbonyl (C=O) groups excluding carboxylic acids is 1. The molecule has 0 unspecified atom stereocenters. The second-order valence-corrected chi connectivity index (χ2v) is 6.98. The second-order valence-electron chi connectivity index (χ2n) is 5.04. The fourth-order valence-corrected chi connectivity index (χ4v) is 4.06. The van der Waals surface area contributed by atoms with E-state index in [9.17, 15) is 13.2 Å². The summed E-state index contributed by atoms with van der Waals surface area (Å²) < 4.78 is 26.5. The molecule has 2 aliphatic rings. The Morgan fingerprint density at radius 2 is 2.00 bits per heavy atom. The fraction of sp³-hybridized carbons (Fsp3) is 0.462. The van der Waals surface area contributed by atoms with Gasteiger partial charge < -0.3 is 10.6 Å². The zero-order valence-electron chi connectivity index (χ0n) is 11.1. The molecule has 0 aromatic heterocycles. The minimum Gasteiger partial charge on any atom is -0.384 e. The molecule has 1 saturated heterocycles. The van der Waals surface area contributed by atoms with E-state index in [1.54, 1.807) is 18.2 Å². The van der Waals surface area contributed by atoms with E-state index in [-0.39, 0.29) is 17.3 Å². The zero-order chi connectivity index (χ0) is 14.2. The van der Waals surface area contributed by atoms with Crippen molar-refractivity contribution in [1.82, 2.24) is 9.62 Å². The number of sulfonamides is 1. The van der Waals surface area contributed by atoms with Gasteiger partial charge in [-0.2, -0.15) is 4.31 Å². The summed E-state index contributed by atoms with van der Waals surface area (Å²) in [5.41, 5.74) is 2.02. The van der Waals surface area contributed by atoms with Gasteiger partial charge in [-0.1, -0.05) is 0 Å². The number of anilines is 1. The lowest BCUT2D eigenvalue weighted by Gasteiger charge is -2.19. The van der Waals surface area contributed by atoms with Crippen molar-refractivity contribution in [2.24, 2.45) is 0 Å². The van der Waals surface area contributed by atoms with Crippen molar-refractivity contribution in [3.8, 4) is 0 Å². The van der Waals surface area contributed by atoms with Gasteiger partial charge in [-0.25, -0.2) is 8.42 Å². The lowest BCUT2D eigenvalue weighted by molar-refractivity contribution is -0.120. The van der Waals surface area contributed by atoms with Gasteiger partial charge in [0.15, 0.2) is 0 Å². The molecule has 0 radical (unpaired) electrons. The molecule has 0 saturated carbocycles. The first-order valence-electron chi connectivity index (χ1n) is 6.71. The van der Waals surface area contributed by atoms with Crippen molar-refractivity contribution >= 4 is 21.6 Å². The first kappa shape index (κ1) is 13.4. The topological polar surface area (TPSA) is 78.5 Å². The molecule has 2 aliphatic heterocycles. The number of nitrogens with one attached hydrogen (secondary N) is 2. The quantitative estimate of drug-likeness (QED) is 0.815. The number of hydrogen-bond acceptors (Lipinski definition) is 4. The van der Waals surface area contributed by atoms with Crippen molar-refractivity contribution in [2.45, 2.75) is 17.7 Å². The maximum Gasteiger partial charge on any atom is 0.243 e. The van der Waals surface area contributed by atoms with Crippen molar-refractivity contribution in [1.29, 1.82) is 0 Å². The fourth-order valence-electron chi connectivity index (χ4n) is 2.57. The van der Waals surface area contributed by atoms with Gasteiger partial charge in [0.1, 0.15) is 0 Å². The maximum absolute atomic E-state index is 12.6. The van der Waals surface area contributed by atoms with Crippen molar-refractivity contribution in [3.05, 3.63) is 23.8 Å². The van der Waals surface area contributed by atoms with Crippen molar-refractivity contribution in [3.63, 3.8) is 0 Å². The van der Waals surface area contributed by atoms with E-state index < -0.39 is 10.0 Å². The number of fused-ring (bicyclic) bond motifs is 1. The highest BCUT2D eigenvalue weighted by molar-refractivity contribution is 7.89. The molecular weight excluding hydrogens is 278 g/mol. The van der Waals surface area contributed by atoms with Gasteiger partial charge in [0.2, 0.25) is 15.9 Å². The van der Waals surface area contributed by atoms with Crippen LogP contribution in [0.4, 0.5) is 5.69 Å². The molecule has 0 bridgehead atoms. The van der Waals surface area contributed by atoms with E-state index >= 15 is 0 Å². The zero-order valence-corrected chi connectivity index (χ0v) is 11.9. The summed E-state index contributed by atoms with van der Waals surface area (Å²) in [6.07, 6.45) is 1.47. The highest BCUT2D eigenvalue weighted by Crippen LogP contribution is 2.26. The Balaban J connectivity index is 1.92. The lowest BCUT2D eigenvalue weighted by Crippen LogP contribution is -2.37. The average molecular weight is 295 g/mol. The molecule has 108 valence electrons. The van der Waals surface area contributed by atoms with E-state index in [2.05, 4.69) is 10.6 Å². The standard InChI is InChI=1S/C13H17N3O3S/c17-13-9-16(7-1-5-15-13)20(18,19)11-2-3-12-10(8-11)4-6-14-12/h2-3,8,14H,1,4-7,9H2,(H,15,17). The maximum atomic E-state index is 12.6. The minimum atomic E-state index is -3.60. The van der Waals surface area contributed by atoms with Gasteiger partial charge in [0.05, 0.1) is 11.4 Å². The number of hydrogen-bond donors (Lipinski definition) is 2. The van der Waals surface area contributed by atoms with Gasteiger partial charge in [0.25, 0.3) is 0 Å². The van der Waals surface area contributed by atoms with Gasteiger partial charge in [-0.3, -0.25) is 4.79 Å². The summed E-state index contributed by atoms with van der Waals surface area (Å²) in [5, 5.41) is 5.89. The Morgan fingerprint density at radius 3 is 2.85 bits per heavy atom. The molecule has 1 aromatic carbocycles. The SMILES string of the molecule is O=C1CN(S(=O)(=O)c2ccc3c(c2)CCN3)CCCN1. The van der Waals surface area contributed by atoms with Gasteiger partial charge in [0, 0.05) is 25.3 Å². The summed E-state index contributed by atoms with van der Waals surface area (Å²) in [6, 6.07) is 5.12. The Labute approximate surface area is 118 Å². The first-order chi connectivity index (χ1) is 9.57. The molecule has 0 atom stereocenters. The number of amides is 1. The average Bonchev–Trinajstić information content (AvgIpc) is 2.78. The summed E-state index contributed by atoms with van der Waals surface area (Å²) in [7, 11) is -3.60. The van der Waals surface area contributed by atoms with Crippen LogP contribution in [0.1, 0.15) is 12.0 Å².